The molecule has 0 fully saturated rings. The molecule has 0 aliphatic carbocycles. The molecule has 0 radical (unpaired) electrons. The van der Waals surface area contributed by atoms with Crippen molar-refractivity contribution in [3.8, 4) is 0 Å². The maximum Gasteiger partial charge on any atom is 0.0350 e. The van der Waals surface area contributed by atoms with Crippen LogP contribution in [0.3, 0.4) is 0 Å². The molecule has 1 atom stereocenters. The highest BCUT2D eigenvalue weighted by Crippen LogP contribution is 2.34. The van der Waals surface area contributed by atoms with Crippen molar-refractivity contribution < 1.29 is 0 Å². The number of hydrogen-bond acceptors (Lipinski definition) is 1. The first-order chi connectivity index (χ1) is 6.20. The summed E-state index contributed by atoms with van der Waals surface area (Å²) in [6.07, 6.45) is 0. The zero-order valence-corrected chi connectivity index (χ0v) is 9.56. The summed E-state index contributed by atoms with van der Waals surface area (Å²) in [4.78, 5) is 0. The highest BCUT2D eigenvalue weighted by Gasteiger charge is 2.25. The van der Waals surface area contributed by atoms with Gasteiger partial charge in [-0.1, -0.05) is 41.9 Å². The average Bonchev–Trinajstić information content (AvgIpc) is 2.48. The van der Waals surface area contributed by atoms with Crippen LogP contribution in [-0.4, -0.2) is 0 Å². The molecule has 1 aliphatic heterocycles. The molecular weight excluding hydrogens is 226 g/mol. The second-order valence-electron chi connectivity index (χ2n) is 3.91. The maximum atomic E-state index is 3.58. The first-order valence-corrected chi connectivity index (χ1v) is 5.50. The van der Waals surface area contributed by atoms with Crippen LogP contribution in [0.5, 0.6) is 0 Å². The van der Waals surface area contributed by atoms with Gasteiger partial charge < -0.3 is 5.32 Å². The summed E-state index contributed by atoms with van der Waals surface area (Å²) in [5.74, 6) is 0.663. The van der Waals surface area contributed by atoms with Gasteiger partial charge in [-0.05, 0) is 23.1 Å². The Morgan fingerprint density at radius 2 is 2.23 bits per heavy atom. The van der Waals surface area contributed by atoms with Gasteiger partial charge in [0, 0.05) is 17.1 Å². The van der Waals surface area contributed by atoms with E-state index in [4.69, 9.17) is 0 Å². The molecule has 1 aliphatic rings. The molecule has 0 aromatic heterocycles. The fraction of sp³-hybridized carbons (Fsp3) is 0.455. The Labute approximate surface area is 87.7 Å². The van der Waals surface area contributed by atoms with Crippen molar-refractivity contribution in [1.82, 2.24) is 5.32 Å². The lowest BCUT2D eigenvalue weighted by atomic mass is 9.96. The van der Waals surface area contributed by atoms with Crippen LogP contribution in [0.25, 0.3) is 0 Å². The lowest BCUT2D eigenvalue weighted by Gasteiger charge is -2.15. The van der Waals surface area contributed by atoms with Gasteiger partial charge >= 0.3 is 0 Å². The number of benzene rings is 1. The summed E-state index contributed by atoms with van der Waals surface area (Å²) < 4.78 is 1.24. The van der Waals surface area contributed by atoms with Gasteiger partial charge in [-0.25, -0.2) is 0 Å². The van der Waals surface area contributed by atoms with E-state index < -0.39 is 0 Å². The van der Waals surface area contributed by atoms with Crippen LogP contribution < -0.4 is 5.32 Å². The van der Waals surface area contributed by atoms with Gasteiger partial charge in [0.15, 0.2) is 0 Å². The third-order valence-corrected chi connectivity index (χ3v) is 3.40. The van der Waals surface area contributed by atoms with E-state index in [0.29, 0.717) is 12.0 Å². The Bertz CT molecular complexity index is 320. The van der Waals surface area contributed by atoms with E-state index >= 15 is 0 Å². The predicted molar refractivity (Wildman–Crippen MR) is 58.6 cm³/mol. The van der Waals surface area contributed by atoms with E-state index in [1.54, 1.807) is 0 Å². The van der Waals surface area contributed by atoms with Crippen LogP contribution >= 0.6 is 15.9 Å². The zero-order valence-electron chi connectivity index (χ0n) is 7.97. The van der Waals surface area contributed by atoms with Crippen molar-refractivity contribution in [2.75, 3.05) is 0 Å². The molecule has 2 rings (SSSR count). The Morgan fingerprint density at radius 3 is 2.92 bits per heavy atom. The predicted octanol–water partition coefficient (Wildman–Crippen LogP) is 3.25. The first-order valence-electron chi connectivity index (χ1n) is 4.71. The molecule has 0 saturated carbocycles. The highest BCUT2D eigenvalue weighted by molar-refractivity contribution is 9.10. The standard InChI is InChI=1S/C11H14BrN/c1-7(2)11-8-4-3-5-10(12)9(8)6-13-11/h3-5,7,11,13H,6H2,1-2H3. The van der Waals surface area contributed by atoms with Crippen molar-refractivity contribution in [2.24, 2.45) is 5.92 Å². The van der Waals surface area contributed by atoms with E-state index in [9.17, 15) is 0 Å². The monoisotopic (exact) mass is 239 g/mol. The van der Waals surface area contributed by atoms with E-state index in [1.165, 1.54) is 15.6 Å². The molecular formula is C11H14BrN. The third-order valence-electron chi connectivity index (χ3n) is 2.66. The van der Waals surface area contributed by atoms with Gasteiger partial charge in [0.2, 0.25) is 0 Å². The first kappa shape index (κ1) is 9.22. The molecule has 0 spiro atoms. The number of hydrogen-bond donors (Lipinski definition) is 1. The van der Waals surface area contributed by atoms with E-state index in [1.807, 2.05) is 0 Å². The number of fused-ring (bicyclic) bond motifs is 1. The third kappa shape index (κ3) is 1.53. The van der Waals surface area contributed by atoms with Crippen LogP contribution in [0.2, 0.25) is 0 Å². The Balaban J connectivity index is 2.43. The van der Waals surface area contributed by atoms with Crippen LogP contribution in [-0.2, 0) is 6.54 Å². The van der Waals surface area contributed by atoms with Crippen molar-refractivity contribution in [1.29, 1.82) is 0 Å². The molecule has 70 valence electrons. The second kappa shape index (κ2) is 3.43. The minimum Gasteiger partial charge on any atom is -0.306 e. The molecule has 1 nitrogen and oxygen atoms in total. The summed E-state index contributed by atoms with van der Waals surface area (Å²) in [6, 6.07) is 6.99. The second-order valence-corrected chi connectivity index (χ2v) is 4.76. The van der Waals surface area contributed by atoms with Crippen LogP contribution in [0.15, 0.2) is 22.7 Å². The van der Waals surface area contributed by atoms with Crippen LogP contribution in [0.1, 0.15) is 31.0 Å². The molecule has 0 amide bonds. The molecule has 2 heteroatoms. The minimum atomic E-state index is 0.535. The Kier molecular flexibility index (Phi) is 2.43. The molecule has 0 bridgehead atoms. The van der Waals surface area contributed by atoms with E-state index in [2.05, 4.69) is 53.3 Å². The lowest BCUT2D eigenvalue weighted by molar-refractivity contribution is 0.441. The molecule has 1 unspecified atom stereocenters. The summed E-state index contributed by atoms with van der Waals surface area (Å²) >= 11 is 3.58. The van der Waals surface area contributed by atoms with Gasteiger partial charge in [-0.3, -0.25) is 0 Å². The summed E-state index contributed by atoms with van der Waals surface area (Å²) in [5.41, 5.74) is 2.89. The Hall–Kier alpha value is -0.340. The van der Waals surface area contributed by atoms with Crippen molar-refractivity contribution in [3.63, 3.8) is 0 Å². The molecule has 1 N–H and O–H groups in total. The number of nitrogens with one attached hydrogen (secondary N) is 1. The van der Waals surface area contributed by atoms with Gasteiger partial charge in [-0.2, -0.15) is 0 Å². The van der Waals surface area contributed by atoms with Gasteiger partial charge in [0.1, 0.15) is 0 Å². The SMILES string of the molecule is CC(C)C1NCc2c(Br)cccc21. The summed E-state index contributed by atoms with van der Waals surface area (Å²) in [7, 11) is 0. The fourth-order valence-corrected chi connectivity index (χ4v) is 2.49. The van der Waals surface area contributed by atoms with Crippen molar-refractivity contribution in [3.05, 3.63) is 33.8 Å². The normalized spacial score (nSPS) is 20.8. The van der Waals surface area contributed by atoms with E-state index in [-0.39, 0.29) is 0 Å². The quantitative estimate of drug-likeness (QED) is 0.794. The summed E-state index contributed by atoms with van der Waals surface area (Å²) in [6.45, 7) is 5.51. The maximum absolute atomic E-state index is 3.58. The molecule has 0 saturated heterocycles. The average molecular weight is 240 g/mol. The topological polar surface area (TPSA) is 12.0 Å². The van der Waals surface area contributed by atoms with Crippen LogP contribution in [0.4, 0.5) is 0 Å². The number of halogens is 1. The molecule has 1 aromatic carbocycles. The van der Waals surface area contributed by atoms with Crippen molar-refractivity contribution in [2.45, 2.75) is 26.4 Å². The van der Waals surface area contributed by atoms with Gasteiger partial charge in [0.25, 0.3) is 0 Å². The smallest absolute Gasteiger partial charge is 0.0350 e. The van der Waals surface area contributed by atoms with Gasteiger partial charge in [0.05, 0.1) is 0 Å². The van der Waals surface area contributed by atoms with Crippen molar-refractivity contribution >= 4 is 15.9 Å². The molecule has 1 heterocycles. The van der Waals surface area contributed by atoms with E-state index in [0.717, 1.165) is 6.54 Å². The Morgan fingerprint density at radius 1 is 1.46 bits per heavy atom. The molecule has 1 aromatic rings. The number of rotatable bonds is 1. The van der Waals surface area contributed by atoms with Crippen LogP contribution in [0, 0.1) is 5.92 Å². The largest absolute Gasteiger partial charge is 0.306 e. The van der Waals surface area contributed by atoms with Gasteiger partial charge in [-0.15, -0.1) is 0 Å². The minimum absolute atomic E-state index is 0.535. The molecule has 13 heavy (non-hydrogen) atoms. The lowest BCUT2D eigenvalue weighted by Crippen LogP contribution is -2.17. The fourth-order valence-electron chi connectivity index (χ4n) is 1.97. The highest BCUT2D eigenvalue weighted by atomic mass is 79.9. The summed E-state index contributed by atoms with van der Waals surface area (Å²) in [5, 5.41) is 3.53. The zero-order chi connectivity index (χ0) is 9.42.